The molecule has 3 rings (SSSR count). The number of halogens is 3. The number of hydrogen-bond acceptors (Lipinski definition) is 3. The second-order valence-corrected chi connectivity index (χ2v) is 10.6. The van der Waals surface area contributed by atoms with Crippen LogP contribution in [0, 0.1) is 0 Å². The first kappa shape index (κ1) is 27.2. The number of hydrogen-bond donors (Lipinski definition) is 1. The van der Waals surface area contributed by atoms with E-state index in [2.05, 4.69) is 37.2 Å². The number of nitrogens with one attached hydrogen (secondary N) is 1. The van der Waals surface area contributed by atoms with E-state index in [9.17, 15) is 9.59 Å². The normalized spacial score (nSPS) is 11.7. The van der Waals surface area contributed by atoms with Crippen molar-refractivity contribution in [3.8, 4) is 5.75 Å². The Morgan fingerprint density at radius 1 is 0.943 bits per heavy atom. The molecule has 5 nitrogen and oxygen atoms in total. The zero-order valence-electron chi connectivity index (χ0n) is 19.5. The molecule has 8 heteroatoms. The van der Waals surface area contributed by atoms with Gasteiger partial charge in [0.1, 0.15) is 11.8 Å². The molecule has 184 valence electrons. The lowest BCUT2D eigenvalue weighted by molar-refractivity contribution is -0.143. The van der Waals surface area contributed by atoms with Crippen LogP contribution in [-0.4, -0.2) is 35.4 Å². The summed E-state index contributed by atoms with van der Waals surface area (Å²) in [5, 5.41) is 3.37. The van der Waals surface area contributed by atoms with E-state index in [0.717, 1.165) is 20.1 Å². The molecule has 0 aromatic heterocycles. The molecular formula is C27H27Br2ClN2O3. The summed E-state index contributed by atoms with van der Waals surface area (Å²) in [4.78, 5) is 28.5. The zero-order chi connectivity index (χ0) is 25.4. The Labute approximate surface area is 228 Å². The number of benzene rings is 3. The molecule has 0 spiro atoms. The molecule has 35 heavy (non-hydrogen) atoms. The maximum Gasteiger partial charge on any atom is 0.261 e. The van der Waals surface area contributed by atoms with Crippen molar-refractivity contribution in [2.45, 2.75) is 38.9 Å². The monoisotopic (exact) mass is 620 g/mol. The number of carbonyl (C=O) groups is 2. The van der Waals surface area contributed by atoms with Crippen molar-refractivity contribution in [3.05, 3.63) is 97.9 Å². The minimum Gasteiger partial charge on any atom is -0.482 e. The first-order chi connectivity index (χ1) is 16.7. The largest absolute Gasteiger partial charge is 0.482 e. The van der Waals surface area contributed by atoms with E-state index in [-0.39, 0.29) is 31.0 Å². The standard InChI is InChI=1S/C27H27Br2ClN2O3/c1-18(2)31-27(34)24(14-19-7-4-3-5-8-19)32(16-20-9-6-10-21(28)13-20)26(33)17-35-25-12-11-22(29)15-23(25)30/h3-13,15,18,24H,14,16-17H2,1-2H3,(H,31,34)/t24-/m0/s1. The quantitative estimate of drug-likeness (QED) is 0.285. The van der Waals surface area contributed by atoms with E-state index in [4.69, 9.17) is 16.3 Å². The van der Waals surface area contributed by atoms with Gasteiger partial charge >= 0.3 is 0 Å². The summed E-state index contributed by atoms with van der Waals surface area (Å²) in [5.41, 5.74) is 1.85. The van der Waals surface area contributed by atoms with Gasteiger partial charge in [-0.3, -0.25) is 9.59 Å². The lowest BCUT2D eigenvalue weighted by atomic mass is 10.0. The highest BCUT2D eigenvalue weighted by Gasteiger charge is 2.31. The van der Waals surface area contributed by atoms with E-state index in [1.54, 1.807) is 23.1 Å². The van der Waals surface area contributed by atoms with E-state index >= 15 is 0 Å². The fraction of sp³-hybridized carbons (Fsp3) is 0.259. The highest BCUT2D eigenvalue weighted by molar-refractivity contribution is 9.10. The molecule has 0 bridgehead atoms. The summed E-state index contributed by atoms with van der Waals surface area (Å²) in [6, 6.07) is 21.8. The number of carbonyl (C=O) groups excluding carboxylic acids is 2. The van der Waals surface area contributed by atoms with Gasteiger partial charge in [-0.2, -0.15) is 0 Å². The van der Waals surface area contributed by atoms with Crippen LogP contribution in [0.2, 0.25) is 5.02 Å². The molecule has 0 saturated carbocycles. The van der Waals surface area contributed by atoms with Crippen LogP contribution in [0.1, 0.15) is 25.0 Å². The van der Waals surface area contributed by atoms with Gasteiger partial charge in [0.25, 0.3) is 5.91 Å². The molecule has 0 radical (unpaired) electrons. The van der Waals surface area contributed by atoms with Crippen molar-refractivity contribution < 1.29 is 14.3 Å². The van der Waals surface area contributed by atoms with Crippen LogP contribution in [-0.2, 0) is 22.6 Å². The van der Waals surface area contributed by atoms with Crippen LogP contribution in [0.25, 0.3) is 0 Å². The van der Waals surface area contributed by atoms with E-state index < -0.39 is 6.04 Å². The van der Waals surface area contributed by atoms with Crippen LogP contribution in [0.5, 0.6) is 5.75 Å². The predicted molar refractivity (Wildman–Crippen MR) is 147 cm³/mol. The molecule has 0 saturated heterocycles. The molecule has 0 aliphatic heterocycles. The smallest absolute Gasteiger partial charge is 0.261 e. The van der Waals surface area contributed by atoms with Gasteiger partial charge in [-0.05, 0) is 55.3 Å². The van der Waals surface area contributed by atoms with Gasteiger partial charge < -0.3 is 15.0 Å². The maximum atomic E-state index is 13.6. The van der Waals surface area contributed by atoms with Crippen molar-refractivity contribution in [3.63, 3.8) is 0 Å². The lowest BCUT2D eigenvalue weighted by Gasteiger charge is -2.32. The fourth-order valence-corrected chi connectivity index (χ4v) is 4.76. The predicted octanol–water partition coefficient (Wildman–Crippen LogP) is 6.41. The number of nitrogens with zero attached hydrogens (tertiary/aromatic N) is 1. The minimum absolute atomic E-state index is 0.0681. The molecule has 3 aromatic carbocycles. The topological polar surface area (TPSA) is 58.6 Å². The van der Waals surface area contributed by atoms with E-state index in [0.29, 0.717) is 17.2 Å². The lowest BCUT2D eigenvalue weighted by Crippen LogP contribution is -2.52. The van der Waals surface area contributed by atoms with Crippen molar-refractivity contribution in [2.75, 3.05) is 6.61 Å². The minimum atomic E-state index is -0.727. The summed E-state index contributed by atoms with van der Waals surface area (Å²) < 4.78 is 7.48. The second kappa shape index (κ2) is 13.1. The summed E-state index contributed by atoms with van der Waals surface area (Å²) >= 11 is 13.1. The molecule has 0 unspecified atom stereocenters. The van der Waals surface area contributed by atoms with E-state index in [1.807, 2.05) is 68.4 Å². The third-order valence-electron chi connectivity index (χ3n) is 5.19. The molecule has 0 aliphatic carbocycles. The summed E-state index contributed by atoms with van der Waals surface area (Å²) in [7, 11) is 0. The third kappa shape index (κ3) is 8.37. The average Bonchev–Trinajstić information content (AvgIpc) is 2.81. The van der Waals surface area contributed by atoms with Crippen molar-refractivity contribution in [1.82, 2.24) is 10.2 Å². The summed E-state index contributed by atoms with van der Waals surface area (Å²) in [6.07, 6.45) is 0.373. The average molecular weight is 623 g/mol. The van der Waals surface area contributed by atoms with Gasteiger partial charge in [0.2, 0.25) is 5.91 Å². The molecular weight excluding hydrogens is 596 g/mol. The zero-order valence-corrected chi connectivity index (χ0v) is 23.4. The summed E-state index contributed by atoms with van der Waals surface area (Å²) in [5.74, 6) is -0.130. The van der Waals surface area contributed by atoms with Gasteiger partial charge in [-0.25, -0.2) is 0 Å². The fourth-order valence-electron chi connectivity index (χ4n) is 3.58. The van der Waals surface area contributed by atoms with Crippen LogP contribution in [0.4, 0.5) is 0 Å². The van der Waals surface area contributed by atoms with Crippen LogP contribution >= 0.6 is 43.5 Å². The van der Waals surface area contributed by atoms with Gasteiger partial charge in [-0.1, -0.05) is 85.9 Å². The third-order valence-corrected chi connectivity index (χ3v) is 6.47. The first-order valence-corrected chi connectivity index (χ1v) is 13.2. The highest BCUT2D eigenvalue weighted by atomic mass is 79.9. The van der Waals surface area contributed by atoms with Crippen LogP contribution < -0.4 is 10.1 Å². The Morgan fingerprint density at radius 2 is 1.63 bits per heavy atom. The van der Waals surface area contributed by atoms with Gasteiger partial charge in [0, 0.05) is 28.0 Å². The molecule has 3 aromatic rings. The van der Waals surface area contributed by atoms with Crippen molar-refractivity contribution in [1.29, 1.82) is 0 Å². The van der Waals surface area contributed by atoms with E-state index in [1.165, 1.54) is 0 Å². The maximum absolute atomic E-state index is 13.6. The van der Waals surface area contributed by atoms with Gasteiger partial charge in [0.15, 0.2) is 6.61 Å². The van der Waals surface area contributed by atoms with Gasteiger partial charge in [-0.15, -0.1) is 0 Å². The number of ether oxygens (including phenoxy) is 1. The Bertz CT molecular complexity index is 1160. The molecule has 2 amide bonds. The van der Waals surface area contributed by atoms with Crippen molar-refractivity contribution >= 4 is 55.3 Å². The van der Waals surface area contributed by atoms with Crippen molar-refractivity contribution in [2.24, 2.45) is 0 Å². The molecule has 1 atom stereocenters. The molecule has 0 aliphatic rings. The highest BCUT2D eigenvalue weighted by Crippen LogP contribution is 2.28. The number of rotatable bonds is 10. The Kier molecular flexibility index (Phi) is 10.2. The Balaban J connectivity index is 1.92. The molecule has 0 fully saturated rings. The van der Waals surface area contributed by atoms with Crippen LogP contribution in [0.3, 0.4) is 0 Å². The Morgan fingerprint density at radius 3 is 2.29 bits per heavy atom. The van der Waals surface area contributed by atoms with Crippen LogP contribution in [0.15, 0.2) is 81.7 Å². The first-order valence-electron chi connectivity index (χ1n) is 11.2. The molecule has 0 heterocycles. The van der Waals surface area contributed by atoms with Gasteiger partial charge in [0.05, 0.1) is 5.02 Å². The Hall–Kier alpha value is -2.35. The number of amides is 2. The molecule has 1 N–H and O–H groups in total. The second-order valence-electron chi connectivity index (χ2n) is 8.38. The summed E-state index contributed by atoms with van der Waals surface area (Å²) in [6.45, 7) is 3.79. The SMILES string of the molecule is CC(C)NC(=O)[C@H](Cc1ccccc1)N(Cc1cccc(Br)c1)C(=O)COc1ccc(Br)cc1Cl.